The molecule has 0 aromatic heterocycles. The van der Waals surface area contributed by atoms with E-state index in [0.717, 1.165) is 10.0 Å². The van der Waals surface area contributed by atoms with Gasteiger partial charge < -0.3 is 10.1 Å². The predicted octanol–water partition coefficient (Wildman–Crippen LogP) is 5.43. The van der Waals surface area contributed by atoms with Gasteiger partial charge in [-0.15, -0.1) is 0 Å². The van der Waals surface area contributed by atoms with Gasteiger partial charge in [0, 0.05) is 15.1 Å². The number of amides is 2. The van der Waals surface area contributed by atoms with Gasteiger partial charge in [0.05, 0.1) is 10.9 Å². The lowest BCUT2D eigenvalue weighted by Crippen LogP contribution is -2.40. The van der Waals surface area contributed by atoms with Crippen molar-refractivity contribution in [2.75, 3.05) is 0 Å². The van der Waals surface area contributed by atoms with Crippen LogP contribution in [-0.4, -0.2) is 14.4 Å². The number of nitrogens with one attached hydrogen (secondary N) is 2. The fraction of sp³-hybridized carbons (Fsp3) is 0.136. The molecule has 2 N–H and O–H groups in total. The van der Waals surface area contributed by atoms with Gasteiger partial charge in [-0.3, -0.25) is 0 Å². The zero-order chi connectivity index (χ0) is 22.4. The van der Waals surface area contributed by atoms with Crippen LogP contribution in [0.3, 0.4) is 0 Å². The van der Waals surface area contributed by atoms with Crippen LogP contribution in [0.1, 0.15) is 24.1 Å². The first-order chi connectivity index (χ1) is 14.7. The highest BCUT2D eigenvalue weighted by atomic mass is 79.9. The first-order valence-corrected chi connectivity index (χ1v) is 11.9. The SMILES string of the molecule is CC(NC(=O)NS(=O)(=O)c1ccc(Cl)cc1)c1cc(Br)ccc1OCc1ccccc1. The molecular formula is C22H20BrClN2O4S. The van der Waals surface area contributed by atoms with Crippen LogP contribution in [0.15, 0.2) is 82.2 Å². The summed E-state index contributed by atoms with van der Waals surface area (Å²) in [7, 11) is -4.03. The molecule has 0 aliphatic rings. The number of hydrogen-bond acceptors (Lipinski definition) is 4. The number of carbonyl (C=O) groups excluding carboxylic acids is 1. The fourth-order valence-corrected chi connectivity index (χ4v) is 4.24. The van der Waals surface area contributed by atoms with E-state index < -0.39 is 22.1 Å². The zero-order valence-corrected chi connectivity index (χ0v) is 19.7. The van der Waals surface area contributed by atoms with Gasteiger partial charge in [0.25, 0.3) is 10.0 Å². The van der Waals surface area contributed by atoms with Crippen LogP contribution in [0, 0.1) is 0 Å². The van der Waals surface area contributed by atoms with E-state index in [1.165, 1.54) is 24.3 Å². The third kappa shape index (κ3) is 6.46. The second-order valence-corrected chi connectivity index (χ2v) is 9.75. The second-order valence-electron chi connectivity index (χ2n) is 6.71. The molecule has 0 radical (unpaired) electrons. The van der Waals surface area contributed by atoms with Crippen molar-refractivity contribution >= 4 is 43.6 Å². The minimum absolute atomic E-state index is 0.0611. The molecular weight excluding hydrogens is 504 g/mol. The summed E-state index contributed by atoms with van der Waals surface area (Å²) in [5, 5.41) is 3.04. The van der Waals surface area contributed by atoms with Crippen molar-refractivity contribution in [3.63, 3.8) is 0 Å². The molecule has 162 valence electrons. The number of rotatable bonds is 7. The van der Waals surface area contributed by atoms with Gasteiger partial charge in [-0.1, -0.05) is 57.9 Å². The Bertz CT molecular complexity index is 1160. The molecule has 1 unspecified atom stereocenters. The number of sulfonamides is 1. The van der Waals surface area contributed by atoms with Crippen LogP contribution in [0.25, 0.3) is 0 Å². The quantitative estimate of drug-likeness (QED) is 0.432. The van der Waals surface area contributed by atoms with Gasteiger partial charge >= 0.3 is 6.03 Å². The molecule has 3 aromatic carbocycles. The molecule has 0 bridgehead atoms. The molecule has 1 atom stereocenters. The number of urea groups is 1. The summed E-state index contributed by atoms with van der Waals surface area (Å²) in [6.45, 7) is 2.10. The van der Waals surface area contributed by atoms with Crippen LogP contribution >= 0.6 is 27.5 Å². The van der Waals surface area contributed by atoms with E-state index in [2.05, 4.69) is 21.2 Å². The first kappa shape index (κ1) is 23.1. The predicted molar refractivity (Wildman–Crippen MR) is 124 cm³/mol. The molecule has 0 saturated heterocycles. The van der Waals surface area contributed by atoms with E-state index in [-0.39, 0.29) is 4.90 Å². The van der Waals surface area contributed by atoms with Crippen LogP contribution in [0.2, 0.25) is 5.02 Å². The summed E-state index contributed by atoms with van der Waals surface area (Å²) < 4.78 is 33.6. The molecule has 31 heavy (non-hydrogen) atoms. The average molecular weight is 524 g/mol. The number of benzene rings is 3. The summed E-state index contributed by atoms with van der Waals surface area (Å²) in [5.74, 6) is 0.584. The Kier molecular flexibility index (Phi) is 7.59. The third-order valence-electron chi connectivity index (χ3n) is 4.37. The van der Waals surface area contributed by atoms with Crippen LogP contribution < -0.4 is 14.8 Å². The lowest BCUT2D eigenvalue weighted by molar-refractivity contribution is 0.242. The lowest BCUT2D eigenvalue weighted by atomic mass is 10.1. The van der Waals surface area contributed by atoms with Crippen molar-refractivity contribution in [1.29, 1.82) is 0 Å². The maximum Gasteiger partial charge on any atom is 0.329 e. The average Bonchev–Trinajstić information content (AvgIpc) is 2.73. The largest absolute Gasteiger partial charge is 0.489 e. The number of ether oxygens (including phenoxy) is 1. The Morgan fingerprint density at radius 3 is 2.42 bits per heavy atom. The van der Waals surface area contributed by atoms with E-state index in [1.807, 2.05) is 47.2 Å². The summed E-state index contributed by atoms with van der Waals surface area (Å²) in [6, 6.07) is 19.3. The van der Waals surface area contributed by atoms with E-state index in [1.54, 1.807) is 13.0 Å². The maximum atomic E-state index is 12.4. The molecule has 0 saturated carbocycles. The van der Waals surface area contributed by atoms with E-state index in [4.69, 9.17) is 16.3 Å². The molecule has 0 spiro atoms. The monoisotopic (exact) mass is 522 g/mol. The lowest BCUT2D eigenvalue weighted by Gasteiger charge is -2.19. The first-order valence-electron chi connectivity index (χ1n) is 9.29. The third-order valence-corrected chi connectivity index (χ3v) is 6.47. The molecule has 9 heteroatoms. The molecule has 6 nitrogen and oxygen atoms in total. The van der Waals surface area contributed by atoms with Gasteiger partial charge in [0.1, 0.15) is 12.4 Å². The molecule has 3 rings (SSSR count). The normalized spacial score (nSPS) is 12.1. The van der Waals surface area contributed by atoms with Gasteiger partial charge in [0.15, 0.2) is 0 Å². The van der Waals surface area contributed by atoms with E-state index in [0.29, 0.717) is 22.9 Å². The summed E-state index contributed by atoms with van der Waals surface area (Å²) >= 11 is 9.21. The Labute approximate surface area is 194 Å². The molecule has 0 heterocycles. The fourth-order valence-electron chi connectivity index (χ4n) is 2.82. The Morgan fingerprint density at radius 1 is 1.06 bits per heavy atom. The van der Waals surface area contributed by atoms with Gasteiger partial charge in [-0.05, 0) is 55.0 Å². The highest BCUT2D eigenvalue weighted by molar-refractivity contribution is 9.10. The van der Waals surface area contributed by atoms with Crippen molar-refractivity contribution in [2.45, 2.75) is 24.5 Å². The number of carbonyl (C=O) groups is 1. The maximum absolute atomic E-state index is 12.4. The van der Waals surface area contributed by atoms with Crippen LogP contribution in [0.4, 0.5) is 4.79 Å². The smallest absolute Gasteiger partial charge is 0.329 e. The number of hydrogen-bond donors (Lipinski definition) is 2. The van der Waals surface area contributed by atoms with E-state index in [9.17, 15) is 13.2 Å². The molecule has 3 aromatic rings. The molecule has 0 aliphatic heterocycles. The highest BCUT2D eigenvalue weighted by Gasteiger charge is 2.20. The van der Waals surface area contributed by atoms with Crippen molar-refractivity contribution < 1.29 is 17.9 Å². The molecule has 0 fully saturated rings. The van der Waals surface area contributed by atoms with Crippen molar-refractivity contribution in [3.8, 4) is 5.75 Å². The van der Waals surface area contributed by atoms with Gasteiger partial charge in [-0.25, -0.2) is 17.9 Å². The topological polar surface area (TPSA) is 84.5 Å². The van der Waals surface area contributed by atoms with Gasteiger partial charge in [-0.2, -0.15) is 0 Å². The van der Waals surface area contributed by atoms with E-state index >= 15 is 0 Å². The standard InChI is InChI=1S/C22H20BrClN2O4S/c1-15(25-22(27)26-31(28,29)19-10-8-18(24)9-11-19)20-13-17(23)7-12-21(20)30-14-16-5-3-2-4-6-16/h2-13,15H,14H2,1H3,(H2,25,26,27). The van der Waals surface area contributed by atoms with Crippen molar-refractivity contribution in [3.05, 3.63) is 93.4 Å². The Morgan fingerprint density at radius 2 is 1.74 bits per heavy atom. The minimum Gasteiger partial charge on any atom is -0.489 e. The Balaban J connectivity index is 1.70. The summed E-state index contributed by atoms with van der Waals surface area (Å²) in [5.41, 5.74) is 1.70. The summed E-state index contributed by atoms with van der Waals surface area (Å²) in [4.78, 5) is 12.3. The zero-order valence-electron chi connectivity index (χ0n) is 16.5. The summed E-state index contributed by atoms with van der Waals surface area (Å²) in [6.07, 6.45) is 0. The molecule has 0 aliphatic carbocycles. The minimum atomic E-state index is -4.03. The van der Waals surface area contributed by atoms with Crippen LogP contribution in [0.5, 0.6) is 5.75 Å². The van der Waals surface area contributed by atoms with Crippen molar-refractivity contribution in [2.24, 2.45) is 0 Å². The van der Waals surface area contributed by atoms with Crippen molar-refractivity contribution in [1.82, 2.24) is 10.0 Å². The second kappa shape index (κ2) is 10.2. The molecule has 2 amide bonds. The highest BCUT2D eigenvalue weighted by Crippen LogP contribution is 2.29. The number of halogens is 2. The van der Waals surface area contributed by atoms with Gasteiger partial charge in [0.2, 0.25) is 0 Å². The van der Waals surface area contributed by atoms with Crippen LogP contribution in [-0.2, 0) is 16.6 Å². The Hall–Kier alpha value is -2.55.